The molecule has 4 nitrogen and oxygen atoms in total. The van der Waals surface area contributed by atoms with Crippen LogP contribution >= 0.6 is 0 Å². The van der Waals surface area contributed by atoms with Crippen LogP contribution in [0.4, 0.5) is 0 Å². The Labute approximate surface area is 118 Å². The van der Waals surface area contributed by atoms with Crippen LogP contribution in [-0.2, 0) is 0 Å². The molecule has 3 N–H and O–H groups in total. The van der Waals surface area contributed by atoms with Gasteiger partial charge in [-0.15, -0.1) is 0 Å². The van der Waals surface area contributed by atoms with Crippen molar-refractivity contribution in [3.8, 4) is 0 Å². The summed E-state index contributed by atoms with van der Waals surface area (Å²) in [5.41, 5.74) is 6.59. The Bertz CT molecular complexity index is 690. The summed E-state index contributed by atoms with van der Waals surface area (Å²) >= 11 is 0. The van der Waals surface area contributed by atoms with E-state index in [1.54, 1.807) is 0 Å². The molecule has 1 aliphatic carbocycles. The zero-order valence-corrected chi connectivity index (χ0v) is 11.5. The molecule has 0 unspecified atom stereocenters. The molecule has 2 aromatic rings. The first-order chi connectivity index (χ1) is 9.92. The first-order valence-corrected chi connectivity index (χ1v) is 7.46. The average Bonchev–Trinajstić information content (AvgIpc) is 3.16. The molecule has 4 rings (SSSR count). The number of nitrogens with zero attached hydrogens (tertiary/aromatic N) is 2. The van der Waals surface area contributed by atoms with Crippen LogP contribution < -0.4 is 5.43 Å². The van der Waals surface area contributed by atoms with E-state index in [1.807, 2.05) is 17.8 Å². The second kappa shape index (κ2) is 4.87. The highest BCUT2D eigenvalue weighted by Crippen LogP contribution is 2.34. The molecule has 102 valence electrons. The van der Waals surface area contributed by atoms with Gasteiger partial charge in [-0.1, -0.05) is 24.4 Å². The number of hydrogen-bond acceptors (Lipinski definition) is 2. The molecule has 1 fully saturated rings. The maximum Gasteiger partial charge on any atom is 0.137 e. The van der Waals surface area contributed by atoms with E-state index in [2.05, 4.69) is 33.5 Å². The molecule has 0 bridgehead atoms. The predicted octanol–water partition coefficient (Wildman–Crippen LogP) is 2.51. The van der Waals surface area contributed by atoms with E-state index in [1.165, 1.54) is 54.2 Å². The van der Waals surface area contributed by atoms with Gasteiger partial charge in [0.15, 0.2) is 0 Å². The van der Waals surface area contributed by atoms with Crippen molar-refractivity contribution in [2.75, 3.05) is 0 Å². The standard InChI is InChI=1S/C16H18N4/c1-2-4-11(5-3-1)12-6-14-15(13-8-19-20-9-13)10-18-16(14)17-7-12/h6-11H,1-5H2,(H,17,18)(H,19,20)/p+1. The number of pyridine rings is 1. The first kappa shape index (κ1) is 11.9. The third kappa shape index (κ3) is 1.96. The highest BCUT2D eigenvalue weighted by atomic mass is 15.3. The number of nitrogens with one attached hydrogen (secondary N) is 1. The molecule has 3 heterocycles. The van der Waals surface area contributed by atoms with Crippen LogP contribution in [0, 0.1) is 0 Å². The monoisotopic (exact) mass is 267 g/mol. The van der Waals surface area contributed by atoms with Gasteiger partial charge in [0.25, 0.3) is 0 Å². The van der Waals surface area contributed by atoms with Gasteiger partial charge in [-0.05, 0) is 30.4 Å². The van der Waals surface area contributed by atoms with Crippen molar-refractivity contribution in [3.05, 3.63) is 35.8 Å². The van der Waals surface area contributed by atoms with Gasteiger partial charge in [0.1, 0.15) is 11.8 Å². The zero-order chi connectivity index (χ0) is 13.4. The smallest absolute Gasteiger partial charge is 0.137 e. The van der Waals surface area contributed by atoms with Crippen LogP contribution in [0.25, 0.3) is 16.6 Å². The lowest BCUT2D eigenvalue weighted by atomic mass is 9.84. The summed E-state index contributed by atoms with van der Waals surface area (Å²) in [5, 5.41) is 5.39. The maximum atomic E-state index is 4.61. The Morgan fingerprint density at radius 1 is 1.20 bits per heavy atom. The van der Waals surface area contributed by atoms with Crippen molar-refractivity contribution in [1.82, 2.24) is 9.97 Å². The van der Waals surface area contributed by atoms with Crippen molar-refractivity contribution in [2.45, 2.75) is 38.0 Å². The SMILES string of the molecule is C1=N[NH2+]C=C1c1c[nH]c2ncc(C3CCCCC3)cc12. The Morgan fingerprint density at radius 2 is 2.10 bits per heavy atom. The van der Waals surface area contributed by atoms with E-state index < -0.39 is 0 Å². The van der Waals surface area contributed by atoms with Gasteiger partial charge in [0, 0.05) is 23.3 Å². The fraction of sp³-hybridized carbons (Fsp3) is 0.375. The van der Waals surface area contributed by atoms with Crippen LogP contribution in [0.1, 0.15) is 49.1 Å². The number of rotatable bonds is 2. The van der Waals surface area contributed by atoms with E-state index in [0.29, 0.717) is 5.92 Å². The number of hydrogen-bond donors (Lipinski definition) is 2. The molecule has 20 heavy (non-hydrogen) atoms. The van der Waals surface area contributed by atoms with E-state index in [9.17, 15) is 0 Å². The molecule has 2 aromatic heterocycles. The normalized spacial score (nSPS) is 19.7. The zero-order valence-electron chi connectivity index (χ0n) is 11.5. The third-order valence-electron chi connectivity index (χ3n) is 4.49. The van der Waals surface area contributed by atoms with Gasteiger partial charge < -0.3 is 4.98 Å². The van der Waals surface area contributed by atoms with Crippen LogP contribution in [-0.4, -0.2) is 16.2 Å². The summed E-state index contributed by atoms with van der Waals surface area (Å²) in [6, 6.07) is 2.33. The minimum Gasteiger partial charge on any atom is -0.346 e. The summed E-state index contributed by atoms with van der Waals surface area (Å²) in [5.74, 6) is 0.696. The van der Waals surface area contributed by atoms with Crippen molar-refractivity contribution in [1.29, 1.82) is 0 Å². The van der Waals surface area contributed by atoms with E-state index in [4.69, 9.17) is 0 Å². The molecule has 0 saturated heterocycles. The topological polar surface area (TPSA) is 57.6 Å². The second-order valence-electron chi connectivity index (χ2n) is 5.75. The maximum absolute atomic E-state index is 4.61. The molecule has 1 saturated carbocycles. The van der Waals surface area contributed by atoms with Gasteiger partial charge in [0.2, 0.25) is 0 Å². The molecule has 4 heteroatoms. The van der Waals surface area contributed by atoms with Gasteiger partial charge >= 0.3 is 0 Å². The van der Waals surface area contributed by atoms with Crippen molar-refractivity contribution < 1.29 is 5.43 Å². The molecule has 1 aliphatic heterocycles. The second-order valence-corrected chi connectivity index (χ2v) is 5.75. The molecule has 0 radical (unpaired) electrons. The Morgan fingerprint density at radius 3 is 2.90 bits per heavy atom. The number of H-pyrrole nitrogens is 1. The molecular formula is C16H19N4+. The summed E-state index contributed by atoms with van der Waals surface area (Å²) in [4.78, 5) is 7.88. The lowest BCUT2D eigenvalue weighted by Crippen LogP contribution is -2.69. The number of nitrogens with two attached hydrogens (primary N) is 1. The Kier molecular flexibility index (Phi) is 2.89. The number of aromatic nitrogens is 2. The average molecular weight is 267 g/mol. The fourth-order valence-corrected chi connectivity index (χ4v) is 3.37. The van der Waals surface area contributed by atoms with Gasteiger partial charge in [-0.2, -0.15) is 5.43 Å². The van der Waals surface area contributed by atoms with E-state index >= 15 is 0 Å². The van der Waals surface area contributed by atoms with Crippen molar-refractivity contribution in [3.63, 3.8) is 0 Å². The number of allylic oxidation sites excluding steroid dienone is 1. The predicted molar refractivity (Wildman–Crippen MR) is 80.3 cm³/mol. The van der Waals surface area contributed by atoms with Gasteiger partial charge in [-0.25, -0.2) is 4.98 Å². The summed E-state index contributed by atoms with van der Waals surface area (Å²) in [7, 11) is 0. The quantitative estimate of drug-likeness (QED) is 0.807. The Hall–Kier alpha value is -1.94. The van der Waals surface area contributed by atoms with Crippen LogP contribution in [0.3, 0.4) is 0 Å². The largest absolute Gasteiger partial charge is 0.346 e. The minimum atomic E-state index is 0.696. The highest BCUT2D eigenvalue weighted by molar-refractivity contribution is 6.14. The fourth-order valence-electron chi connectivity index (χ4n) is 3.37. The summed E-state index contributed by atoms with van der Waals surface area (Å²) in [6.45, 7) is 0. The van der Waals surface area contributed by atoms with Crippen molar-refractivity contribution >= 4 is 22.8 Å². The lowest BCUT2D eigenvalue weighted by molar-refractivity contribution is -0.589. The van der Waals surface area contributed by atoms with Crippen LogP contribution in [0.5, 0.6) is 0 Å². The molecule has 0 amide bonds. The summed E-state index contributed by atoms with van der Waals surface area (Å²) < 4.78 is 0. The number of aromatic amines is 1. The van der Waals surface area contributed by atoms with E-state index in [0.717, 1.165) is 5.65 Å². The molecule has 0 spiro atoms. The van der Waals surface area contributed by atoms with Gasteiger partial charge in [-0.3, -0.25) is 0 Å². The lowest BCUT2D eigenvalue weighted by Gasteiger charge is -2.21. The third-order valence-corrected chi connectivity index (χ3v) is 4.49. The molecule has 0 atom stereocenters. The summed E-state index contributed by atoms with van der Waals surface area (Å²) in [6.07, 6.45) is 14.8. The first-order valence-electron chi connectivity index (χ1n) is 7.46. The number of quaternary nitrogens is 1. The molecular weight excluding hydrogens is 248 g/mol. The molecule has 2 aliphatic rings. The van der Waals surface area contributed by atoms with Crippen LogP contribution in [0.2, 0.25) is 0 Å². The highest BCUT2D eigenvalue weighted by Gasteiger charge is 2.18. The van der Waals surface area contributed by atoms with Crippen molar-refractivity contribution in [2.24, 2.45) is 5.10 Å². The van der Waals surface area contributed by atoms with Gasteiger partial charge in [0.05, 0.1) is 11.8 Å². The Balaban J connectivity index is 1.77. The molecule has 0 aromatic carbocycles. The van der Waals surface area contributed by atoms with E-state index in [-0.39, 0.29) is 0 Å². The van der Waals surface area contributed by atoms with Crippen LogP contribution in [0.15, 0.2) is 29.8 Å². The minimum absolute atomic E-state index is 0.696. The number of fused-ring (bicyclic) bond motifs is 1.